The second-order valence-corrected chi connectivity index (χ2v) is 22.8. The molecule has 8 aromatic carbocycles. The number of aryl methyl sites for hydroxylation is 2. The van der Waals surface area contributed by atoms with Gasteiger partial charge in [-0.15, -0.1) is 0 Å². The average Bonchev–Trinajstić information content (AvgIpc) is 3.59. The van der Waals surface area contributed by atoms with Gasteiger partial charge in [0.15, 0.2) is 8.07 Å². The third kappa shape index (κ3) is 5.98. The average molecular weight is 832 g/mol. The van der Waals surface area contributed by atoms with Crippen molar-refractivity contribution in [3.8, 4) is 33.8 Å². The van der Waals surface area contributed by atoms with E-state index >= 15 is 0 Å². The van der Waals surface area contributed by atoms with Gasteiger partial charge in [0.2, 0.25) is 0 Å². The molecule has 3 heterocycles. The molecule has 0 saturated carbocycles. The molecule has 308 valence electrons. The molecule has 0 fully saturated rings. The van der Waals surface area contributed by atoms with Crippen LogP contribution >= 0.6 is 0 Å². The zero-order valence-electron chi connectivity index (χ0n) is 37.8. The van der Waals surface area contributed by atoms with E-state index in [4.69, 9.17) is 4.74 Å². The van der Waals surface area contributed by atoms with Crippen molar-refractivity contribution in [1.82, 2.24) is 0 Å². The van der Waals surface area contributed by atoms with Crippen LogP contribution < -0.4 is 46.8 Å². The van der Waals surface area contributed by atoms with E-state index in [1.54, 1.807) is 0 Å². The van der Waals surface area contributed by atoms with Crippen molar-refractivity contribution >= 4 is 69.0 Å². The highest BCUT2D eigenvalue weighted by Crippen LogP contribution is 2.43. The highest BCUT2D eigenvalue weighted by atomic mass is 28.3. The molecule has 0 saturated heterocycles. The number of benzene rings is 8. The molecule has 0 unspecified atom stereocenters. The second-order valence-electron chi connectivity index (χ2n) is 19.2. The largest absolute Gasteiger partial charge is 0.458 e. The molecule has 0 amide bonds. The fraction of sp³-hybridized carbons (Fsp3) is 0.186. The van der Waals surface area contributed by atoms with E-state index in [-0.39, 0.29) is 6.71 Å². The van der Waals surface area contributed by atoms with Crippen LogP contribution in [0.4, 0.5) is 17.1 Å². The first-order chi connectivity index (χ1) is 30.5. The van der Waals surface area contributed by atoms with Crippen molar-refractivity contribution in [3.63, 3.8) is 0 Å². The Morgan fingerprint density at radius 1 is 0.460 bits per heavy atom. The van der Waals surface area contributed by atoms with Crippen LogP contribution in [-0.4, -0.2) is 14.8 Å². The Labute approximate surface area is 375 Å². The van der Waals surface area contributed by atoms with E-state index in [9.17, 15) is 0 Å². The molecule has 0 radical (unpaired) electrons. The van der Waals surface area contributed by atoms with Crippen molar-refractivity contribution in [1.29, 1.82) is 0 Å². The first-order valence-corrected chi connectivity index (χ1v) is 24.9. The minimum Gasteiger partial charge on any atom is -0.458 e. The van der Waals surface area contributed by atoms with Gasteiger partial charge in [-0.3, -0.25) is 0 Å². The molecule has 1 spiro atoms. The molecule has 8 aromatic rings. The monoisotopic (exact) mass is 831 g/mol. The van der Waals surface area contributed by atoms with Crippen LogP contribution in [0.1, 0.15) is 87.1 Å². The lowest BCUT2D eigenvalue weighted by Gasteiger charge is -2.44. The lowest BCUT2D eigenvalue weighted by Crippen LogP contribution is -2.75. The van der Waals surface area contributed by atoms with Crippen LogP contribution in [0.3, 0.4) is 0 Å². The molecule has 4 heteroatoms. The summed E-state index contributed by atoms with van der Waals surface area (Å²) in [6.45, 7) is 18.6. The standard InChI is InChI=1S/C59H54BNOSi/c1-36(2)43-33-47(37(3)4)59(48(34-43)38(5)6)60-49-20-11-12-21-53(49)62-54-35-42(26-27-50(54)60)41-16-15-17-44(32-41)61-51-28-24-39(7)30-57(51)63(58-31-40(8)25-29-52(58)61)55-22-13-9-18-45(55)46-19-10-14-23-56(46)63/h9-38H,1-8H3. The minimum absolute atomic E-state index is 0.0666. The Balaban J connectivity index is 1.07. The summed E-state index contributed by atoms with van der Waals surface area (Å²) in [5, 5.41) is 5.89. The fourth-order valence-corrected chi connectivity index (χ4v) is 17.0. The maximum absolute atomic E-state index is 6.92. The summed E-state index contributed by atoms with van der Waals surface area (Å²) in [6, 6.07) is 62.6. The summed E-state index contributed by atoms with van der Waals surface area (Å²) in [5.74, 6) is 3.10. The quantitative estimate of drug-likeness (QED) is 0.155. The maximum Gasteiger partial charge on any atom is 0.251 e. The summed E-state index contributed by atoms with van der Waals surface area (Å²) in [4.78, 5) is 2.54. The van der Waals surface area contributed by atoms with Crippen molar-refractivity contribution in [2.45, 2.75) is 73.1 Å². The third-order valence-electron chi connectivity index (χ3n) is 14.2. The summed E-state index contributed by atoms with van der Waals surface area (Å²) in [5.41, 5.74) is 19.5. The lowest BCUT2D eigenvalue weighted by molar-refractivity contribution is 0.487. The molecule has 0 bridgehead atoms. The smallest absolute Gasteiger partial charge is 0.251 e. The van der Waals surface area contributed by atoms with Gasteiger partial charge in [0.25, 0.3) is 6.71 Å². The zero-order valence-corrected chi connectivity index (χ0v) is 38.8. The van der Waals surface area contributed by atoms with Crippen LogP contribution in [0.2, 0.25) is 0 Å². The molecular formula is C59H54BNOSi. The Hall–Kier alpha value is -6.36. The first-order valence-electron chi connectivity index (χ1n) is 22.9. The zero-order chi connectivity index (χ0) is 43.3. The summed E-state index contributed by atoms with van der Waals surface area (Å²) < 4.78 is 6.92. The molecular weight excluding hydrogens is 778 g/mol. The number of ether oxygens (including phenoxy) is 1. The number of anilines is 3. The van der Waals surface area contributed by atoms with Gasteiger partial charge < -0.3 is 9.64 Å². The maximum atomic E-state index is 6.92. The molecule has 0 aliphatic carbocycles. The summed E-state index contributed by atoms with van der Waals surface area (Å²) in [7, 11) is -2.69. The molecule has 3 aliphatic rings. The third-order valence-corrected chi connectivity index (χ3v) is 19.1. The van der Waals surface area contributed by atoms with Crippen LogP contribution in [0.15, 0.2) is 164 Å². The molecule has 2 nitrogen and oxygen atoms in total. The van der Waals surface area contributed by atoms with E-state index in [1.165, 1.54) is 87.5 Å². The number of nitrogens with zero attached hydrogens (tertiary/aromatic N) is 1. The van der Waals surface area contributed by atoms with Gasteiger partial charge in [0.05, 0.1) is 0 Å². The minimum atomic E-state index is -2.69. The topological polar surface area (TPSA) is 12.5 Å². The number of rotatable bonds is 6. The SMILES string of the molecule is Cc1ccc2c(c1)[Si]1(c3ccccc3-c3ccccc31)c1cc(C)ccc1N2c1cccc(-c2ccc3c(c2)Oc2ccccc2B3c2c(C(C)C)cc(C(C)C)cc2C(C)C)c1. The van der Waals surface area contributed by atoms with E-state index < -0.39 is 8.07 Å². The molecule has 0 aromatic heterocycles. The van der Waals surface area contributed by atoms with Gasteiger partial charge in [-0.2, -0.15) is 0 Å². The van der Waals surface area contributed by atoms with Crippen LogP contribution in [0.5, 0.6) is 11.5 Å². The molecule has 3 aliphatic heterocycles. The van der Waals surface area contributed by atoms with Crippen LogP contribution in [0.25, 0.3) is 22.3 Å². The van der Waals surface area contributed by atoms with E-state index in [0.29, 0.717) is 17.8 Å². The number of hydrogen-bond acceptors (Lipinski definition) is 2. The van der Waals surface area contributed by atoms with Crippen molar-refractivity contribution in [2.75, 3.05) is 4.90 Å². The normalized spacial score (nSPS) is 14.0. The molecule has 63 heavy (non-hydrogen) atoms. The van der Waals surface area contributed by atoms with Gasteiger partial charge in [0.1, 0.15) is 11.5 Å². The molecule has 0 atom stereocenters. The van der Waals surface area contributed by atoms with Crippen LogP contribution in [-0.2, 0) is 0 Å². The number of hydrogen-bond donors (Lipinski definition) is 0. The summed E-state index contributed by atoms with van der Waals surface area (Å²) >= 11 is 0. The van der Waals surface area contributed by atoms with E-state index in [0.717, 1.165) is 28.3 Å². The Kier molecular flexibility index (Phi) is 9.33. The Morgan fingerprint density at radius 3 is 1.62 bits per heavy atom. The van der Waals surface area contributed by atoms with Gasteiger partial charge >= 0.3 is 0 Å². The second kappa shape index (κ2) is 14.9. The highest BCUT2D eigenvalue weighted by Gasteiger charge is 2.54. The van der Waals surface area contributed by atoms with Gasteiger partial charge in [-0.1, -0.05) is 186 Å². The molecule has 11 rings (SSSR count). The highest BCUT2D eigenvalue weighted by molar-refractivity contribution is 7.23. The van der Waals surface area contributed by atoms with Gasteiger partial charge in [-0.25, -0.2) is 0 Å². The predicted molar refractivity (Wildman–Crippen MR) is 272 cm³/mol. The van der Waals surface area contributed by atoms with Crippen molar-refractivity contribution in [2.24, 2.45) is 0 Å². The predicted octanol–water partition coefficient (Wildman–Crippen LogP) is 11.1. The van der Waals surface area contributed by atoms with E-state index in [1.807, 2.05) is 0 Å². The van der Waals surface area contributed by atoms with Gasteiger partial charge in [0, 0.05) is 17.1 Å². The van der Waals surface area contributed by atoms with Crippen molar-refractivity contribution < 1.29 is 4.74 Å². The van der Waals surface area contributed by atoms with Crippen molar-refractivity contribution in [3.05, 3.63) is 192 Å². The summed E-state index contributed by atoms with van der Waals surface area (Å²) in [6.07, 6.45) is 0. The Bertz CT molecular complexity index is 3010. The lowest BCUT2D eigenvalue weighted by atomic mass is 9.34. The number of para-hydroxylation sites is 1. The first kappa shape index (κ1) is 39.5. The number of fused-ring (bicyclic) bond motifs is 11. The van der Waals surface area contributed by atoms with Gasteiger partial charge in [-0.05, 0) is 139 Å². The Morgan fingerprint density at radius 2 is 1.02 bits per heavy atom. The molecule has 0 N–H and O–H groups in total. The van der Waals surface area contributed by atoms with E-state index in [2.05, 4.69) is 224 Å². The van der Waals surface area contributed by atoms with Crippen LogP contribution in [0, 0.1) is 13.8 Å². The fourth-order valence-electron chi connectivity index (χ4n) is 11.3.